The monoisotopic (exact) mass is 404 g/mol. The number of sulfonamides is 1. The second-order valence-corrected chi connectivity index (χ2v) is 8.60. The van der Waals surface area contributed by atoms with E-state index in [0.717, 1.165) is 21.3 Å². The van der Waals surface area contributed by atoms with Gasteiger partial charge in [0, 0.05) is 31.9 Å². The van der Waals surface area contributed by atoms with Crippen molar-refractivity contribution in [1.82, 2.24) is 8.87 Å². The average Bonchev–Trinajstić information content (AvgIpc) is 2.56. The number of aromatic nitrogens is 1. The van der Waals surface area contributed by atoms with Crippen molar-refractivity contribution in [2.24, 2.45) is 0 Å². The minimum Gasteiger partial charge on any atom is -0.316 e. The number of nitrogens with one attached hydrogen (secondary N) is 1. The van der Waals surface area contributed by atoms with Gasteiger partial charge in [0.25, 0.3) is 5.56 Å². The van der Waals surface area contributed by atoms with Crippen LogP contribution in [0.5, 0.6) is 0 Å². The van der Waals surface area contributed by atoms with Crippen LogP contribution < -0.4 is 10.5 Å². The fourth-order valence-corrected chi connectivity index (χ4v) is 3.43. The molecule has 1 atom stereocenters. The lowest BCUT2D eigenvalue weighted by molar-refractivity contribution is -0.917. The summed E-state index contributed by atoms with van der Waals surface area (Å²) >= 11 is 0. The molecule has 10 heteroatoms. The average molecular weight is 404 g/mol. The molecule has 1 aromatic carbocycles. The maximum atomic E-state index is 12.6. The molecule has 0 aliphatic carbocycles. The zero-order valence-electron chi connectivity index (χ0n) is 15.1. The molecule has 6 nitrogen and oxygen atoms in total. The Balaban J connectivity index is 2.16. The third-order valence-electron chi connectivity index (χ3n) is 3.96. The number of rotatable bonds is 6. The molecule has 1 heterocycles. The van der Waals surface area contributed by atoms with Gasteiger partial charge >= 0.3 is 6.18 Å². The molecular formula is C17H21F3N3O3S+. The van der Waals surface area contributed by atoms with E-state index in [9.17, 15) is 26.4 Å². The maximum absolute atomic E-state index is 12.6. The van der Waals surface area contributed by atoms with Crippen molar-refractivity contribution in [3.63, 3.8) is 0 Å². The predicted octanol–water partition coefficient (Wildman–Crippen LogP) is 0.790. The number of alkyl halides is 3. The Morgan fingerprint density at radius 3 is 2.19 bits per heavy atom. The van der Waals surface area contributed by atoms with Crippen LogP contribution in [0.1, 0.15) is 11.1 Å². The smallest absolute Gasteiger partial charge is 0.316 e. The highest BCUT2D eigenvalue weighted by Gasteiger charge is 2.30. The molecule has 0 aliphatic heterocycles. The van der Waals surface area contributed by atoms with Gasteiger partial charge in [-0.05, 0) is 18.2 Å². The van der Waals surface area contributed by atoms with Crippen LogP contribution in [0.4, 0.5) is 13.2 Å². The summed E-state index contributed by atoms with van der Waals surface area (Å²) in [5.74, 6) is 0. The van der Waals surface area contributed by atoms with Gasteiger partial charge < -0.3 is 4.90 Å². The Kier molecular flexibility index (Phi) is 6.13. The first-order valence-corrected chi connectivity index (χ1v) is 9.46. The molecule has 2 aromatic rings. The summed E-state index contributed by atoms with van der Waals surface area (Å²) in [7, 11) is 0.881. The minimum atomic E-state index is -4.39. The number of pyridine rings is 1. The standard InChI is InChI=1S/C17H20F3N3O3S/c1-21(2)27(25,26)15-8-9-16(24)23(11-15)12-22(3)10-13-4-6-14(7-5-13)17(18,19)20/h4-9,11H,10,12H2,1-3H3/p+1. The highest BCUT2D eigenvalue weighted by molar-refractivity contribution is 7.89. The topological polar surface area (TPSA) is 63.8 Å². The molecule has 148 valence electrons. The second-order valence-electron chi connectivity index (χ2n) is 6.45. The molecule has 0 fully saturated rings. The fraction of sp³-hybridized carbons (Fsp3) is 0.353. The van der Waals surface area contributed by atoms with Crippen molar-refractivity contribution in [3.05, 3.63) is 64.1 Å². The molecule has 2 rings (SSSR count). The van der Waals surface area contributed by atoms with E-state index in [1.54, 1.807) is 7.05 Å². The third kappa shape index (κ3) is 5.18. The van der Waals surface area contributed by atoms with Crippen LogP contribution in [-0.2, 0) is 29.4 Å². The number of hydrogen-bond donors (Lipinski definition) is 1. The van der Waals surface area contributed by atoms with Crippen LogP contribution >= 0.6 is 0 Å². The van der Waals surface area contributed by atoms with E-state index in [2.05, 4.69) is 0 Å². The van der Waals surface area contributed by atoms with Gasteiger partial charge in [0.1, 0.15) is 6.54 Å². The number of nitrogens with zero attached hydrogens (tertiary/aromatic N) is 2. The summed E-state index contributed by atoms with van der Waals surface area (Å²) < 4.78 is 64.5. The predicted molar refractivity (Wildman–Crippen MR) is 93.6 cm³/mol. The number of hydrogen-bond acceptors (Lipinski definition) is 3. The van der Waals surface area contributed by atoms with Crippen LogP contribution in [0.15, 0.2) is 52.3 Å². The van der Waals surface area contributed by atoms with Gasteiger partial charge in [0.2, 0.25) is 10.0 Å². The molecule has 0 aliphatic rings. The van der Waals surface area contributed by atoms with E-state index in [-0.39, 0.29) is 17.1 Å². The van der Waals surface area contributed by atoms with Crippen LogP contribution in [0.2, 0.25) is 0 Å². The van der Waals surface area contributed by atoms with E-state index < -0.39 is 21.8 Å². The van der Waals surface area contributed by atoms with Crippen molar-refractivity contribution in [3.8, 4) is 0 Å². The minimum absolute atomic E-state index is 0.00516. The summed E-state index contributed by atoms with van der Waals surface area (Å²) in [6.45, 7) is 0.534. The second kappa shape index (κ2) is 7.83. The quantitative estimate of drug-likeness (QED) is 0.775. The van der Waals surface area contributed by atoms with Gasteiger partial charge in [-0.25, -0.2) is 12.7 Å². The van der Waals surface area contributed by atoms with Gasteiger partial charge in [0.15, 0.2) is 6.67 Å². The van der Waals surface area contributed by atoms with Crippen molar-refractivity contribution in [2.45, 2.75) is 24.3 Å². The van der Waals surface area contributed by atoms with Gasteiger partial charge in [-0.3, -0.25) is 9.36 Å². The Labute approximate surface area is 155 Å². The first-order chi connectivity index (χ1) is 12.4. The van der Waals surface area contributed by atoms with Gasteiger partial charge in [-0.2, -0.15) is 13.2 Å². The SMILES string of the molecule is CN(C)S(=O)(=O)c1ccc(=O)n(C[NH+](C)Cc2ccc(C(F)(F)F)cc2)c1. The molecule has 0 saturated heterocycles. The molecule has 0 bridgehead atoms. The third-order valence-corrected chi connectivity index (χ3v) is 5.76. The number of halogens is 3. The first-order valence-electron chi connectivity index (χ1n) is 8.01. The summed E-state index contributed by atoms with van der Waals surface area (Å²) in [6, 6.07) is 7.24. The Morgan fingerprint density at radius 2 is 1.67 bits per heavy atom. The van der Waals surface area contributed by atoms with Crippen molar-refractivity contribution in [2.75, 3.05) is 21.1 Å². The first kappa shape index (κ1) is 21.1. The molecule has 0 saturated carbocycles. The van der Waals surface area contributed by atoms with E-state index >= 15 is 0 Å². The Bertz CT molecular complexity index is 952. The largest absolute Gasteiger partial charge is 0.416 e. The van der Waals surface area contributed by atoms with E-state index in [1.165, 1.54) is 49.1 Å². The van der Waals surface area contributed by atoms with Crippen LogP contribution in [0, 0.1) is 0 Å². The van der Waals surface area contributed by atoms with Crippen molar-refractivity contribution < 1.29 is 26.5 Å². The molecular weight excluding hydrogens is 383 g/mol. The molecule has 0 spiro atoms. The van der Waals surface area contributed by atoms with Crippen molar-refractivity contribution in [1.29, 1.82) is 0 Å². The number of benzene rings is 1. The Hall–Kier alpha value is -2.17. The van der Waals surface area contributed by atoms with Crippen molar-refractivity contribution >= 4 is 10.0 Å². The molecule has 0 radical (unpaired) electrons. The molecule has 27 heavy (non-hydrogen) atoms. The summed E-state index contributed by atoms with van der Waals surface area (Å²) in [4.78, 5) is 12.8. The van der Waals surface area contributed by atoms with Crippen LogP contribution in [0.25, 0.3) is 0 Å². The fourth-order valence-electron chi connectivity index (χ4n) is 2.50. The van der Waals surface area contributed by atoms with Crippen LogP contribution in [-0.4, -0.2) is 38.4 Å². The summed E-state index contributed by atoms with van der Waals surface area (Å²) in [5.41, 5.74) is -0.410. The lowest BCUT2D eigenvalue weighted by atomic mass is 10.1. The van der Waals surface area contributed by atoms with Gasteiger partial charge in [-0.15, -0.1) is 0 Å². The molecule has 1 aromatic heterocycles. The zero-order valence-corrected chi connectivity index (χ0v) is 15.9. The normalized spacial score (nSPS) is 13.7. The van der Waals surface area contributed by atoms with E-state index in [4.69, 9.17) is 0 Å². The Morgan fingerprint density at radius 1 is 1.07 bits per heavy atom. The number of quaternary nitrogens is 1. The molecule has 1 N–H and O–H groups in total. The summed E-state index contributed by atoms with van der Waals surface area (Å²) in [5, 5.41) is 0. The lowest BCUT2D eigenvalue weighted by Gasteiger charge is -2.17. The zero-order chi connectivity index (χ0) is 20.4. The molecule has 1 unspecified atom stereocenters. The highest BCUT2D eigenvalue weighted by atomic mass is 32.2. The van der Waals surface area contributed by atoms with E-state index in [1.807, 2.05) is 0 Å². The van der Waals surface area contributed by atoms with Crippen LogP contribution in [0.3, 0.4) is 0 Å². The van der Waals surface area contributed by atoms with Gasteiger partial charge in [-0.1, -0.05) is 12.1 Å². The highest BCUT2D eigenvalue weighted by Crippen LogP contribution is 2.28. The lowest BCUT2D eigenvalue weighted by Crippen LogP contribution is -3.07. The molecule has 0 amide bonds. The maximum Gasteiger partial charge on any atom is 0.416 e. The van der Waals surface area contributed by atoms with E-state index in [0.29, 0.717) is 12.1 Å². The van der Waals surface area contributed by atoms with Gasteiger partial charge in [0.05, 0.1) is 17.5 Å². The summed E-state index contributed by atoms with van der Waals surface area (Å²) in [6.07, 6.45) is -3.11.